The predicted octanol–water partition coefficient (Wildman–Crippen LogP) is 1.81. The van der Waals surface area contributed by atoms with Crippen LogP contribution in [0.2, 0.25) is 0 Å². The molecular weight excluding hydrogens is 227 g/mol. The van der Waals surface area contributed by atoms with E-state index in [1.54, 1.807) is 23.9 Å². The molecule has 0 aliphatic carbocycles. The van der Waals surface area contributed by atoms with Crippen LogP contribution in [0.15, 0.2) is 29.4 Å². The van der Waals surface area contributed by atoms with Crippen LogP contribution in [-0.2, 0) is 11.3 Å². The third-order valence-corrected chi connectivity index (χ3v) is 3.37. The Morgan fingerprint density at radius 3 is 3.12 bits per heavy atom. The molecule has 0 amide bonds. The average Bonchev–Trinajstić information content (AvgIpc) is 2.70. The molecular formula is C11H11FN2OS. The number of carbonyl (C=O) groups is 1. The Hall–Kier alpha value is -1.36. The molecule has 16 heavy (non-hydrogen) atoms. The van der Waals surface area contributed by atoms with E-state index in [1.165, 1.54) is 12.3 Å². The molecule has 2 rings (SSSR count). The Balaban J connectivity index is 2.06. The van der Waals surface area contributed by atoms with Gasteiger partial charge in [0.05, 0.1) is 5.03 Å². The predicted molar refractivity (Wildman–Crippen MR) is 61.2 cm³/mol. The highest BCUT2D eigenvalue weighted by molar-refractivity contribution is 8.03. The summed E-state index contributed by atoms with van der Waals surface area (Å²) < 4.78 is 12.6. The first-order chi connectivity index (χ1) is 7.79. The maximum absolute atomic E-state index is 12.6. The van der Waals surface area contributed by atoms with E-state index in [0.29, 0.717) is 6.54 Å². The van der Waals surface area contributed by atoms with Crippen molar-refractivity contribution in [1.29, 1.82) is 0 Å². The molecule has 0 unspecified atom stereocenters. The van der Waals surface area contributed by atoms with Crippen LogP contribution in [0, 0.1) is 5.95 Å². The van der Waals surface area contributed by atoms with Crippen molar-refractivity contribution in [2.75, 3.05) is 12.3 Å². The molecule has 5 heteroatoms. The number of halogens is 1. The third kappa shape index (κ3) is 2.61. The second-order valence-electron chi connectivity index (χ2n) is 3.40. The quantitative estimate of drug-likeness (QED) is 0.457. The largest absolute Gasteiger partial charge is 0.361 e. The first kappa shape index (κ1) is 11.1. The molecule has 1 fully saturated rings. The summed E-state index contributed by atoms with van der Waals surface area (Å²) in [6.45, 7) is 1.57. The average molecular weight is 238 g/mol. The Bertz CT molecular complexity index is 405. The Labute approximate surface area is 97.4 Å². The summed E-state index contributed by atoms with van der Waals surface area (Å²) in [5, 5.41) is 0.972. The maximum atomic E-state index is 12.6. The van der Waals surface area contributed by atoms with Gasteiger partial charge >= 0.3 is 0 Å². The van der Waals surface area contributed by atoms with Crippen molar-refractivity contribution in [3.05, 3.63) is 40.9 Å². The molecule has 1 saturated heterocycles. The number of hydrogen-bond acceptors (Lipinski definition) is 4. The molecule has 0 N–H and O–H groups in total. The fourth-order valence-corrected chi connectivity index (χ4v) is 2.56. The highest BCUT2D eigenvalue weighted by Gasteiger charge is 2.17. The molecule has 2 heterocycles. The molecule has 0 saturated carbocycles. The van der Waals surface area contributed by atoms with Gasteiger partial charge in [-0.1, -0.05) is 6.07 Å². The molecule has 0 bridgehead atoms. The molecule has 1 aromatic heterocycles. The number of hydrogen-bond donors (Lipinski definition) is 0. The first-order valence-corrected chi connectivity index (χ1v) is 5.92. The molecule has 3 nitrogen and oxygen atoms in total. The first-order valence-electron chi connectivity index (χ1n) is 4.93. The zero-order chi connectivity index (χ0) is 11.4. The molecule has 1 aliphatic rings. The van der Waals surface area contributed by atoms with Crippen LogP contribution >= 0.6 is 11.8 Å². The summed E-state index contributed by atoms with van der Waals surface area (Å²) in [7, 11) is 0. The minimum atomic E-state index is -0.469. The number of allylic oxidation sites excluding steroid dienone is 1. The third-order valence-electron chi connectivity index (χ3n) is 2.30. The van der Waals surface area contributed by atoms with E-state index in [-0.39, 0.29) is 0 Å². The van der Waals surface area contributed by atoms with Crippen molar-refractivity contribution < 1.29 is 9.18 Å². The normalized spacial score (nSPS) is 18.1. The summed E-state index contributed by atoms with van der Waals surface area (Å²) in [5.41, 5.74) is 0.945. The summed E-state index contributed by atoms with van der Waals surface area (Å²) in [6.07, 6.45) is 3.88. The lowest BCUT2D eigenvalue weighted by Gasteiger charge is -2.18. The van der Waals surface area contributed by atoms with Crippen LogP contribution in [0.1, 0.15) is 5.56 Å². The van der Waals surface area contributed by atoms with Crippen LogP contribution in [0.25, 0.3) is 0 Å². The van der Waals surface area contributed by atoms with Gasteiger partial charge in [0, 0.05) is 31.1 Å². The number of pyridine rings is 1. The summed E-state index contributed by atoms with van der Waals surface area (Å²) >= 11 is 1.66. The van der Waals surface area contributed by atoms with Gasteiger partial charge in [-0.05, 0) is 11.6 Å². The monoisotopic (exact) mass is 238 g/mol. The zero-order valence-corrected chi connectivity index (χ0v) is 9.41. The Morgan fingerprint density at radius 2 is 2.44 bits per heavy atom. The van der Waals surface area contributed by atoms with Crippen molar-refractivity contribution in [2.24, 2.45) is 0 Å². The fraction of sp³-hybridized carbons (Fsp3) is 0.273. The van der Waals surface area contributed by atoms with E-state index in [0.717, 1.165) is 29.2 Å². The van der Waals surface area contributed by atoms with Gasteiger partial charge in [0.1, 0.15) is 6.29 Å². The molecule has 0 aromatic carbocycles. The maximum Gasteiger partial charge on any atom is 0.212 e. The molecule has 0 spiro atoms. The highest BCUT2D eigenvalue weighted by Crippen LogP contribution is 2.28. The molecule has 1 aliphatic heterocycles. The molecule has 0 atom stereocenters. The van der Waals surface area contributed by atoms with E-state index in [1.807, 2.05) is 0 Å². The Kier molecular flexibility index (Phi) is 3.56. The number of carbonyl (C=O) groups excluding carboxylic acids is 1. The molecule has 0 radical (unpaired) electrons. The van der Waals surface area contributed by atoms with E-state index in [9.17, 15) is 9.18 Å². The van der Waals surface area contributed by atoms with Gasteiger partial charge in [0.25, 0.3) is 0 Å². The highest BCUT2D eigenvalue weighted by atomic mass is 32.2. The summed E-state index contributed by atoms with van der Waals surface area (Å²) in [5.74, 6) is 0.511. The number of aromatic nitrogens is 1. The summed E-state index contributed by atoms with van der Waals surface area (Å²) in [4.78, 5) is 16.1. The van der Waals surface area contributed by atoms with Crippen LogP contribution < -0.4 is 0 Å². The lowest BCUT2D eigenvalue weighted by molar-refractivity contribution is -0.104. The van der Waals surface area contributed by atoms with Crippen LogP contribution in [0.3, 0.4) is 0 Å². The van der Waals surface area contributed by atoms with Gasteiger partial charge in [0.2, 0.25) is 5.95 Å². The number of nitrogens with zero attached hydrogens (tertiary/aromatic N) is 2. The summed E-state index contributed by atoms with van der Waals surface area (Å²) in [6, 6.07) is 3.06. The van der Waals surface area contributed by atoms with Crippen molar-refractivity contribution in [2.45, 2.75) is 6.54 Å². The van der Waals surface area contributed by atoms with Gasteiger partial charge < -0.3 is 4.90 Å². The minimum Gasteiger partial charge on any atom is -0.361 e. The van der Waals surface area contributed by atoms with Gasteiger partial charge in [-0.2, -0.15) is 4.39 Å². The fourth-order valence-electron chi connectivity index (χ4n) is 1.55. The molecule has 84 valence electrons. The van der Waals surface area contributed by atoms with Crippen molar-refractivity contribution in [3.8, 4) is 0 Å². The lowest BCUT2D eigenvalue weighted by Crippen LogP contribution is -2.17. The lowest BCUT2D eigenvalue weighted by atomic mass is 10.2. The van der Waals surface area contributed by atoms with E-state index in [2.05, 4.69) is 9.88 Å². The number of thioether (sulfide) groups is 1. The number of rotatable bonds is 3. The van der Waals surface area contributed by atoms with Crippen molar-refractivity contribution in [3.63, 3.8) is 0 Å². The van der Waals surface area contributed by atoms with Gasteiger partial charge in [-0.25, -0.2) is 4.98 Å². The Morgan fingerprint density at radius 1 is 1.56 bits per heavy atom. The molecule has 1 aromatic rings. The second kappa shape index (κ2) is 5.12. The second-order valence-corrected chi connectivity index (χ2v) is 4.52. The van der Waals surface area contributed by atoms with Crippen molar-refractivity contribution in [1.82, 2.24) is 9.88 Å². The minimum absolute atomic E-state index is 0.469. The van der Waals surface area contributed by atoms with Crippen LogP contribution in [-0.4, -0.2) is 28.5 Å². The number of aldehydes is 1. The van der Waals surface area contributed by atoms with E-state index < -0.39 is 5.95 Å². The van der Waals surface area contributed by atoms with E-state index >= 15 is 0 Å². The smallest absolute Gasteiger partial charge is 0.212 e. The standard InChI is InChI=1S/C11H11FN2OS/c12-10-2-1-9(7-13-10)8-14-4-6-16-11(14)3-5-15/h1-3,5,7H,4,6,8H2/b11-3-. The van der Waals surface area contributed by atoms with E-state index in [4.69, 9.17) is 0 Å². The van der Waals surface area contributed by atoms with Crippen molar-refractivity contribution >= 4 is 18.0 Å². The topological polar surface area (TPSA) is 33.2 Å². The van der Waals surface area contributed by atoms with Gasteiger partial charge in [-0.15, -0.1) is 11.8 Å². The van der Waals surface area contributed by atoms with Gasteiger partial charge in [0.15, 0.2) is 0 Å². The van der Waals surface area contributed by atoms with Crippen LogP contribution in [0.4, 0.5) is 4.39 Å². The van der Waals surface area contributed by atoms with Gasteiger partial charge in [-0.3, -0.25) is 4.79 Å². The zero-order valence-electron chi connectivity index (χ0n) is 8.60. The van der Waals surface area contributed by atoms with Crippen LogP contribution in [0.5, 0.6) is 0 Å². The SMILES string of the molecule is O=C/C=C1\SCCN1Cc1ccc(F)nc1.